The summed E-state index contributed by atoms with van der Waals surface area (Å²) < 4.78 is 20.8. The molecule has 1 aliphatic rings. The summed E-state index contributed by atoms with van der Waals surface area (Å²) in [5.41, 5.74) is 12.4. The Kier molecular flexibility index (Phi) is 7.92. The topological polar surface area (TPSA) is 41.5 Å². The van der Waals surface area contributed by atoms with Gasteiger partial charge in [-0.15, -0.1) is 0 Å². The standard InChI is InChI=1S/C34H36FNO2/c1-22-28(26-15-14-24-8-4-5-9-25(24)18-26)10-6-12-30(22)31-13-7-11-29(23(31)2)27-19-33(35)32(21-36-16-17-37)34(20-27)38-3/h6-7,10-15,18-20,36-37H,4-5,8-9,16-17,21H2,1-3H3. The highest BCUT2D eigenvalue weighted by atomic mass is 19.1. The van der Waals surface area contributed by atoms with Gasteiger partial charge in [-0.05, 0) is 107 Å². The van der Waals surface area contributed by atoms with Crippen LogP contribution >= 0.6 is 0 Å². The first-order valence-corrected chi connectivity index (χ1v) is 13.5. The lowest BCUT2D eigenvalue weighted by Crippen LogP contribution is -2.18. The molecule has 5 rings (SSSR count). The monoisotopic (exact) mass is 509 g/mol. The minimum absolute atomic E-state index is 0.00109. The van der Waals surface area contributed by atoms with Crippen molar-refractivity contribution in [3.05, 3.63) is 100 Å². The number of nitrogens with one attached hydrogen (secondary N) is 1. The molecule has 4 aromatic rings. The minimum atomic E-state index is -0.319. The fourth-order valence-electron chi connectivity index (χ4n) is 5.79. The maximum Gasteiger partial charge on any atom is 0.132 e. The molecule has 0 saturated heterocycles. The lowest BCUT2D eigenvalue weighted by molar-refractivity contribution is 0.291. The van der Waals surface area contributed by atoms with E-state index in [1.165, 1.54) is 59.1 Å². The predicted octanol–water partition coefficient (Wildman–Crippen LogP) is 7.41. The Hall–Kier alpha value is -3.47. The smallest absolute Gasteiger partial charge is 0.132 e. The molecule has 2 N–H and O–H groups in total. The number of hydrogen-bond donors (Lipinski definition) is 2. The average Bonchev–Trinajstić information content (AvgIpc) is 2.94. The molecule has 0 bridgehead atoms. The Morgan fingerprint density at radius 3 is 2.08 bits per heavy atom. The number of ether oxygens (including phenoxy) is 1. The fraction of sp³-hybridized carbons (Fsp3) is 0.294. The predicted molar refractivity (Wildman–Crippen MR) is 154 cm³/mol. The molecule has 1 aliphatic carbocycles. The number of aliphatic hydroxyl groups is 1. The number of aryl methyl sites for hydroxylation is 2. The quantitative estimate of drug-likeness (QED) is 0.243. The van der Waals surface area contributed by atoms with Gasteiger partial charge in [0, 0.05) is 18.7 Å². The van der Waals surface area contributed by atoms with Gasteiger partial charge in [-0.1, -0.05) is 54.6 Å². The minimum Gasteiger partial charge on any atom is -0.496 e. The van der Waals surface area contributed by atoms with E-state index in [0.717, 1.165) is 22.3 Å². The van der Waals surface area contributed by atoms with Crippen LogP contribution in [-0.4, -0.2) is 25.4 Å². The molecule has 196 valence electrons. The molecule has 0 fully saturated rings. The van der Waals surface area contributed by atoms with Gasteiger partial charge in [0.05, 0.1) is 13.7 Å². The van der Waals surface area contributed by atoms with Crippen LogP contribution in [0.1, 0.15) is 40.7 Å². The molecule has 0 amide bonds. The van der Waals surface area contributed by atoms with E-state index in [9.17, 15) is 0 Å². The summed E-state index contributed by atoms with van der Waals surface area (Å²) in [5, 5.41) is 12.1. The van der Waals surface area contributed by atoms with E-state index >= 15 is 4.39 Å². The molecule has 0 heterocycles. The molecule has 4 aromatic carbocycles. The van der Waals surface area contributed by atoms with E-state index < -0.39 is 0 Å². The third kappa shape index (κ3) is 5.11. The maximum atomic E-state index is 15.2. The number of hydrogen-bond acceptors (Lipinski definition) is 3. The van der Waals surface area contributed by atoms with Crippen LogP contribution in [-0.2, 0) is 19.4 Å². The summed E-state index contributed by atoms with van der Waals surface area (Å²) in [4.78, 5) is 0. The normalized spacial score (nSPS) is 12.9. The van der Waals surface area contributed by atoms with Gasteiger partial charge in [-0.2, -0.15) is 0 Å². The number of fused-ring (bicyclic) bond motifs is 1. The molecule has 0 atom stereocenters. The number of aliphatic hydroxyl groups excluding tert-OH is 1. The van der Waals surface area contributed by atoms with Crippen LogP contribution in [0.25, 0.3) is 33.4 Å². The van der Waals surface area contributed by atoms with Crippen molar-refractivity contribution >= 4 is 0 Å². The fourth-order valence-corrected chi connectivity index (χ4v) is 5.79. The summed E-state index contributed by atoms with van der Waals surface area (Å²) in [6, 6.07) is 23.2. The van der Waals surface area contributed by atoms with Crippen LogP contribution in [0, 0.1) is 19.7 Å². The van der Waals surface area contributed by atoms with Crippen molar-refractivity contribution in [1.82, 2.24) is 5.32 Å². The van der Waals surface area contributed by atoms with E-state index in [2.05, 4.69) is 61.6 Å². The van der Waals surface area contributed by atoms with Crippen molar-refractivity contribution in [3.63, 3.8) is 0 Å². The lowest BCUT2D eigenvalue weighted by atomic mass is 9.85. The Balaban J connectivity index is 1.54. The molecule has 38 heavy (non-hydrogen) atoms. The van der Waals surface area contributed by atoms with Crippen LogP contribution < -0.4 is 10.1 Å². The molecule has 4 heteroatoms. The zero-order chi connectivity index (χ0) is 26.6. The van der Waals surface area contributed by atoms with Crippen molar-refractivity contribution < 1.29 is 14.2 Å². The van der Waals surface area contributed by atoms with Gasteiger partial charge < -0.3 is 15.2 Å². The highest BCUT2D eigenvalue weighted by molar-refractivity contribution is 5.84. The van der Waals surface area contributed by atoms with Crippen molar-refractivity contribution in [2.75, 3.05) is 20.3 Å². The van der Waals surface area contributed by atoms with Crippen LogP contribution in [0.5, 0.6) is 5.75 Å². The molecule has 0 aromatic heterocycles. The van der Waals surface area contributed by atoms with E-state index in [0.29, 0.717) is 24.4 Å². The second-order valence-electron chi connectivity index (χ2n) is 10.2. The first kappa shape index (κ1) is 26.1. The molecule has 3 nitrogen and oxygen atoms in total. The van der Waals surface area contributed by atoms with Gasteiger partial charge in [-0.25, -0.2) is 4.39 Å². The van der Waals surface area contributed by atoms with E-state index in [4.69, 9.17) is 9.84 Å². The number of rotatable bonds is 8. The van der Waals surface area contributed by atoms with Crippen molar-refractivity contribution in [2.45, 2.75) is 46.1 Å². The molecular weight excluding hydrogens is 473 g/mol. The van der Waals surface area contributed by atoms with Gasteiger partial charge in [0.25, 0.3) is 0 Å². The van der Waals surface area contributed by atoms with Gasteiger partial charge in [-0.3, -0.25) is 0 Å². The highest BCUT2D eigenvalue weighted by Gasteiger charge is 2.17. The average molecular weight is 510 g/mol. The largest absolute Gasteiger partial charge is 0.496 e. The van der Waals surface area contributed by atoms with Crippen LogP contribution in [0.2, 0.25) is 0 Å². The SMILES string of the molecule is COc1cc(-c2cccc(-c3cccc(-c4ccc5c(c4)CCCC5)c3C)c2C)cc(F)c1CNCCO. The van der Waals surface area contributed by atoms with Crippen LogP contribution in [0.4, 0.5) is 4.39 Å². The van der Waals surface area contributed by atoms with Crippen molar-refractivity contribution in [3.8, 4) is 39.1 Å². The summed E-state index contributed by atoms with van der Waals surface area (Å²) in [6.07, 6.45) is 4.91. The summed E-state index contributed by atoms with van der Waals surface area (Å²) in [5.74, 6) is 0.181. The molecule has 0 spiro atoms. The van der Waals surface area contributed by atoms with E-state index in [1.54, 1.807) is 13.2 Å². The molecule has 0 saturated carbocycles. The molecule has 0 radical (unpaired) electrons. The zero-order valence-electron chi connectivity index (χ0n) is 22.5. The second-order valence-corrected chi connectivity index (χ2v) is 10.2. The Morgan fingerprint density at radius 1 is 0.789 bits per heavy atom. The number of benzene rings is 4. The number of halogens is 1. The van der Waals surface area contributed by atoms with Crippen molar-refractivity contribution in [2.24, 2.45) is 0 Å². The summed E-state index contributed by atoms with van der Waals surface area (Å²) in [6.45, 7) is 5.00. The van der Waals surface area contributed by atoms with Crippen molar-refractivity contribution in [1.29, 1.82) is 0 Å². The third-order valence-corrected chi connectivity index (χ3v) is 7.89. The first-order valence-electron chi connectivity index (χ1n) is 13.5. The van der Waals surface area contributed by atoms with Gasteiger partial charge >= 0.3 is 0 Å². The Labute approximate surface area is 225 Å². The summed E-state index contributed by atoms with van der Waals surface area (Å²) >= 11 is 0. The summed E-state index contributed by atoms with van der Waals surface area (Å²) in [7, 11) is 1.56. The Bertz CT molecular complexity index is 1460. The third-order valence-electron chi connectivity index (χ3n) is 7.89. The second kappa shape index (κ2) is 11.5. The van der Waals surface area contributed by atoms with Gasteiger partial charge in [0.15, 0.2) is 0 Å². The zero-order valence-corrected chi connectivity index (χ0v) is 22.5. The Morgan fingerprint density at radius 2 is 1.42 bits per heavy atom. The first-order chi connectivity index (χ1) is 18.5. The van der Waals surface area contributed by atoms with Gasteiger partial charge in [0.1, 0.15) is 11.6 Å². The molecular formula is C34H36FNO2. The highest BCUT2D eigenvalue weighted by Crippen LogP contribution is 2.39. The van der Waals surface area contributed by atoms with Crippen LogP contribution in [0.3, 0.4) is 0 Å². The number of methoxy groups -OCH3 is 1. The van der Waals surface area contributed by atoms with E-state index in [1.807, 2.05) is 18.2 Å². The molecule has 0 aliphatic heterocycles. The van der Waals surface area contributed by atoms with Crippen LogP contribution in [0.15, 0.2) is 66.7 Å². The van der Waals surface area contributed by atoms with E-state index in [-0.39, 0.29) is 12.4 Å². The maximum absolute atomic E-state index is 15.2. The van der Waals surface area contributed by atoms with Gasteiger partial charge in [0.2, 0.25) is 0 Å². The molecule has 0 unspecified atom stereocenters. The lowest BCUT2D eigenvalue weighted by Gasteiger charge is -2.19.